The smallest absolute Gasteiger partial charge is 0.190 e. The molecule has 3 rings (SSSR count). The fourth-order valence-electron chi connectivity index (χ4n) is 1.97. The van der Waals surface area contributed by atoms with Gasteiger partial charge >= 0.3 is 0 Å². The van der Waals surface area contributed by atoms with Gasteiger partial charge in [-0.15, -0.1) is 0 Å². The highest BCUT2D eigenvalue weighted by Gasteiger charge is 2.14. The first-order valence-electron chi connectivity index (χ1n) is 7.09. The highest BCUT2D eigenvalue weighted by Crippen LogP contribution is 1.96. The molecule has 3 N–H and O–H groups in total. The molecule has 2 aromatic rings. The van der Waals surface area contributed by atoms with Crippen molar-refractivity contribution in [3.63, 3.8) is 0 Å². The minimum atomic E-state index is 0.437. The summed E-state index contributed by atoms with van der Waals surface area (Å²) in [5.41, 5.74) is 5.46. The Bertz CT molecular complexity index is 568. The molecule has 23 heavy (non-hydrogen) atoms. The predicted octanol–water partition coefficient (Wildman–Crippen LogP) is -0.257. The van der Waals surface area contributed by atoms with Gasteiger partial charge in [-0.1, -0.05) is 0 Å². The van der Waals surface area contributed by atoms with E-state index < -0.39 is 0 Å². The van der Waals surface area contributed by atoms with Crippen molar-refractivity contribution in [3.05, 3.63) is 37.4 Å². The lowest BCUT2D eigenvalue weighted by atomic mass is 10.4. The minimum absolute atomic E-state index is 0.437. The minimum Gasteiger partial charge on any atom is -0.375 e. The molecule has 1 aliphatic heterocycles. The van der Waals surface area contributed by atoms with Gasteiger partial charge in [0, 0.05) is 58.0 Å². The van der Waals surface area contributed by atoms with Gasteiger partial charge in [0.2, 0.25) is 0 Å². The molecular weight excluding hydrogens is 332 g/mol. The lowest BCUT2D eigenvalue weighted by molar-refractivity contribution is 0.0569. The molecular formula is C13H20N8S2. The fraction of sp³-hybridized carbons (Fsp3) is 0.385. The quantitative estimate of drug-likeness (QED) is 0.680. The van der Waals surface area contributed by atoms with Crippen LogP contribution in [0.1, 0.15) is 0 Å². The van der Waals surface area contributed by atoms with Gasteiger partial charge < -0.3 is 11.1 Å². The number of piperazine rings is 1. The summed E-state index contributed by atoms with van der Waals surface area (Å²) < 4.78 is 3.49. The average Bonchev–Trinajstić information content (AvgIpc) is 3.28. The summed E-state index contributed by atoms with van der Waals surface area (Å²) >= 11 is 9.98. The summed E-state index contributed by atoms with van der Waals surface area (Å²) in [5.74, 6) is 0. The lowest BCUT2D eigenvalue weighted by Crippen LogP contribution is -2.54. The number of thiocarbonyl (C=S) groups is 2. The number of hydrogen-bond donors (Lipinski definition) is 2. The van der Waals surface area contributed by atoms with Gasteiger partial charge in [0.25, 0.3) is 0 Å². The van der Waals surface area contributed by atoms with Crippen LogP contribution >= 0.6 is 24.4 Å². The normalized spacial score (nSPS) is 14.7. The van der Waals surface area contributed by atoms with Crippen LogP contribution < -0.4 is 11.1 Å². The summed E-state index contributed by atoms with van der Waals surface area (Å²) in [6.45, 7) is 3.97. The zero-order valence-electron chi connectivity index (χ0n) is 12.9. The number of nitrogens with two attached hydrogens (primary N) is 1. The topological polar surface area (TPSA) is 80.2 Å². The maximum Gasteiger partial charge on any atom is 0.190 e. The monoisotopic (exact) mass is 352 g/mol. The molecule has 3 heterocycles. The van der Waals surface area contributed by atoms with E-state index in [1.165, 1.54) is 0 Å². The largest absolute Gasteiger partial charge is 0.375 e. The third-order valence-electron chi connectivity index (χ3n) is 3.29. The van der Waals surface area contributed by atoms with Crippen LogP contribution in [0.2, 0.25) is 0 Å². The zero-order chi connectivity index (χ0) is 16.7. The van der Waals surface area contributed by atoms with Crippen LogP contribution in [0.25, 0.3) is 0 Å². The summed E-state index contributed by atoms with van der Waals surface area (Å²) in [4.78, 5) is 7.79. The average molecular weight is 352 g/mol. The second kappa shape index (κ2) is 8.67. The summed E-state index contributed by atoms with van der Waals surface area (Å²) in [6, 6.07) is 0. The number of aromatic nitrogens is 4. The molecule has 124 valence electrons. The first kappa shape index (κ1) is 17.5. The molecule has 1 fully saturated rings. The molecule has 0 bridgehead atoms. The zero-order valence-corrected chi connectivity index (χ0v) is 14.5. The van der Waals surface area contributed by atoms with E-state index in [1.807, 2.05) is 12.1 Å². The van der Waals surface area contributed by atoms with E-state index in [9.17, 15) is 0 Å². The molecule has 0 radical (unpaired) electrons. The van der Waals surface area contributed by atoms with E-state index in [0.29, 0.717) is 10.2 Å². The molecule has 0 spiro atoms. The number of imidazole rings is 2. The van der Waals surface area contributed by atoms with Crippen LogP contribution in [0, 0.1) is 0 Å². The van der Waals surface area contributed by atoms with Crippen LogP contribution in [-0.2, 0) is 0 Å². The van der Waals surface area contributed by atoms with E-state index in [1.54, 1.807) is 46.6 Å². The van der Waals surface area contributed by atoms with E-state index in [-0.39, 0.29) is 0 Å². The fourth-order valence-corrected chi connectivity index (χ4v) is 2.30. The summed E-state index contributed by atoms with van der Waals surface area (Å²) in [7, 11) is 1.90. The second-order valence-corrected chi connectivity index (χ2v) is 5.57. The van der Waals surface area contributed by atoms with Crippen LogP contribution in [0.5, 0.6) is 0 Å². The van der Waals surface area contributed by atoms with Gasteiger partial charge in [-0.05, 0) is 24.4 Å². The Hall–Kier alpha value is -1.88. The third kappa shape index (κ3) is 5.06. The van der Waals surface area contributed by atoms with Crippen molar-refractivity contribution in [2.45, 2.75) is 0 Å². The van der Waals surface area contributed by atoms with Crippen molar-refractivity contribution in [2.24, 2.45) is 5.73 Å². The Morgan fingerprint density at radius 2 is 1.61 bits per heavy atom. The number of rotatable bonds is 1. The van der Waals surface area contributed by atoms with Crippen molar-refractivity contribution in [3.8, 4) is 0 Å². The SMILES string of the molecule is CN(C(N)=S)N1CCNCC1.S=C(n1ccnc1)n1ccnc1. The standard InChI is InChI=1S/C7H6N4S.C6H14N4S/c12-7(10-3-1-8-5-10)11-4-2-9-6-11;1-9(6(7)11)10-4-2-8-3-5-10/h1-6H;8H,2-5H2,1H3,(H2,7,11). The molecule has 0 amide bonds. The van der Waals surface area contributed by atoms with Gasteiger partial charge in [0.1, 0.15) is 12.7 Å². The van der Waals surface area contributed by atoms with Gasteiger partial charge in [-0.25, -0.2) is 15.0 Å². The van der Waals surface area contributed by atoms with Gasteiger partial charge in [0.05, 0.1) is 0 Å². The molecule has 1 saturated heterocycles. The first-order chi connectivity index (χ1) is 11.1. The maximum absolute atomic E-state index is 5.46. The Morgan fingerprint density at radius 3 is 2.00 bits per heavy atom. The van der Waals surface area contributed by atoms with Crippen molar-refractivity contribution in [1.29, 1.82) is 0 Å². The number of nitrogens with zero attached hydrogens (tertiary/aromatic N) is 6. The van der Waals surface area contributed by atoms with Crippen molar-refractivity contribution >= 4 is 34.7 Å². The molecule has 0 saturated carbocycles. The number of nitrogens with one attached hydrogen (secondary N) is 1. The second-order valence-electron chi connectivity index (χ2n) is 4.79. The van der Waals surface area contributed by atoms with E-state index in [2.05, 4.69) is 20.3 Å². The predicted molar refractivity (Wildman–Crippen MR) is 96.8 cm³/mol. The molecule has 0 atom stereocenters. The Kier molecular flexibility index (Phi) is 6.59. The van der Waals surface area contributed by atoms with Crippen molar-refractivity contribution in [1.82, 2.24) is 34.4 Å². The van der Waals surface area contributed by atoms with Crippen LogP contribution in [0.4, 0.5) is 0 Å². The number of hydrogen-bond acceptors (Lipinski definition) is 6. The third-order valence-corrected chi connectivity index (χ3v) is 3.97. The molecule has 10 heteroatoms. The van der Waals surface area contributed by atoms with Gasteiger partial charge in [0.15, 0.2) is 10.2 Å². The molecule has 0 unspecified atom stereocenters. The molecule has 0 aliphatic carbocycles. The van der Waals surface area contributed by atoms with Crippen molar-refractivity contribution in [2.75, 3.05) is 33.2 Å². The Labute approximate surface area is 145 Å². The van der Waals surface area contributed by atoms with Crippen LogP contribution in [-0.4, -0.2) is 72.6 Å². The molecule has 0 aromatic carbocycles. The highest BCUT2D eigenvalue weighted by atomic mass is 32.1. The van der Waals surface area contributed by atoms with Crippen molar-refractivity contribution < 1.29 is 0 Å². The molecule has 2 aromatic heterocycles. The van der Waals surface area contributed by atoms with Gasteiger partial charge in [-0.2, -0.15) is 0 Å². The van der Waals surface area contributed by atoms with E-state index in [0.717, 1.165) is 26.2 Å². The van der Waals surface area contributed by atoms with E-state index in [4.69, 9.17) is 30.2 Å². The summed E-state index contributed by atoms with van der Waals surface area (Å²) in [5, 5.41) is 8.30. The molecule has 1 aliphatic rings. The maximum atomic E-state index is 5.46. The summed E-state index contributed by atoms with van der Waals surface area (Å²) in [6.07, 6.45) is 10.3. The van der Waals surface area contributed by atoms with Gasteiger partial charge in [-0.3, -0.25) is 14.1 Å². The highest BCUT2D eigenvalue weighted by molar-refractivity contribution is 7.80. The lowest BCUT2D eigenvalue weighted by Gasteiger charge is -2.35. The first-order valence-corrected chi connectivity index (χ1v) is 7.90. The van der Waals surface area contributed by atoms with Crippen LogP contribution in [0.3, 0.4) is 0 Å². The number of hydrazine groups is 1. The Morgan fingerprint density at radius 1 is 1.09 bits per heavy atom. The van der Waals surface area contributed by atoms with E-state index >= 15 is 0 Å². The Balaban J connectivity index is 0.000000168. The van der Waals surface area contributed by atoms with Crippen LogP contribution in [0.15, 0.2) is 37.4 Å². The molecule has 8 nitrogen and oxygen atoms in total.